The molecule has 2 aromatic heterocycles. The maximum atomic E-state index is 13.1. The van der Waals surface area contributed by atoms with Crippen LogP contribution in [-0.2, 0) is 0 Å². The van der Waals surface area contributed by atoms with Crippen LogP contribution in [0, 0.1) is 6.92 Å². The Morgan fingerprint density at radius 1 is 1.08 bits per heavy atom. The minimum Gasteiger partial charge on any atom is -0.353 e. The van der Waals surface area contributed by atoms with E-state index in [-0.39, 0.29) is 11.6 Å². The van der Waals surface area contributed by atoms with Crippen LogP contribution in [0.1, 0.15) is 41.7 Å². The van der Waals surface area contributed by atoms with E-state index in [0.717, 1.165) is 49.2 Å². The van der Waals surface area contributed by atoms with Gasteiger partial charge in [0.05, 0.1) is 0 Å². The van der Waals surface area contributed by atoms with Crippen molar-refractivity contribution in [2.45, 2.75) is 32.1 Å². The summed E-state index contributed by atoms with van der Waals surface area (Å²) in [5, 5.41) is 10.1. The third-order valence-electron chi connectivity index (χ3n) is 4.31. The Labute approximate surface area is 142 Å². The number of rotatable bonds is 4. The van der Waals surface area contributed by atoms with Gasteiger partial charge in [-0.15, -0.1) is 10.2 Å². The number of piperazine rings is 1. The molecule has 2 aliphatic rings. The quantitative estimate of drug-likeness (QED) is 0.843. The fourth-order valence-electron chi connectivity index (χ4n) is 2.81. The molecule has 128 valence electrons. The molecular formula is C15H18F2N6S. The SMILES string of the molecule is Cc1nnc(N2CCN(c3cc(C(F)F)nc(C4CC4)n3)CC2)s1. The molecule has 1 saturated heterocycles. The first-order chi connectivity index (χ1) is 11.6. The molecule has 0 unspecified atom stereocenters. The zero-order chi connectivity index (χ0) is 16.7. The van der Waals surface area contributed by atoms with E-state index in [4.69, 9.17) is 0 Å². The second kappa shape index (κ2) is 6.19. The molecule has 6 nitrogen and oxygen atoms in total. The highest BCUT2D eigenvalue weighted by Gasteiger charge is 2.30. The van der Waals surface area contributed by atoms with Crippen LogP contribution in [0.4, 0.5) is 19.7 Å². The lowest BCUT2D eigenvalue weighted by atomic mass is 10.3. The van der Waals surface area contributed by atoms with E-state index in [2.05, 4.69) is 30.0 Å². The number of aromatic nitrogens is 4. The number of nitrogens with zero attached hydrogens (tertiary/aromatic N) is 6. The van der Waals surface area contributed by atoms with Gasteiger partial charge in [0.25, 0.3) is 6.43 Å². The molecule has 24 heavy (non-hydrogen) atoms. The Hall–Kier alpha value is -1.90. The fourth-order valence-corrected chi connectivity index (χ4v) is 3.55. The highest BCUT2D eigenvalue weighted by Crippen LogP contribution is 2.39. The van der Waals surface area contributed by atoms with E-state index in [1.807, 2.05) is 6.92 Å². The number of halogens is 2. The monoisotopic (exact) mass is 352 g/mol. The molecule has 0 N–H and O–H groups in total. The highest BCUT2D eigenvalue weighted by molar-refractivity contribution is 7.15. The lowest BCUT2D eigenvalue weighted by Crippen LogP contribution is -2.47. The first-order valence-corrected chi connectivity index (χ1v) is 8.89. The van der Waals surface area contributed by atoms with Crippen molar-refractivity contribution >= 4 is 22.3 Å². The minimum absolute atomic E-state index is 0.163. The average molecular weight is 352 g/mol. The summed E-state index contributed by atoms with van der Waals surface area (Å²) in [5.74, 6) is 1.45. The van der Waals surface area contributed by atoms with E-state index in [9.17, 15) is 8.78 Å². The summed E-state index contributed by atoms with van der Waals surface area (Å²) in [6.07, 6.45) is -0.568. The van der Waals surface area contributed by atoms with Crippen LogP contribution in [-0.4, -0.2) is 46.3 Å². The number of hydrogen-bond donors (Lipinski definition) is 0. The van der Waals surface area contributed by atoms with Crippen LogP contribution in [0.15, 0.2) is 6.07 Å². The van der Waals surface area contributed by atoms with Crippen molar-refractivity contribution in [1.82, 2.24) is 20.2 Å². The molecule has 2 fully saturated rings. The predicted octanol–water partition coefficient (Wildman–Crippen LogP) is 2.78. The normalized spacial score (nSPS) is 18.5. The zero-order valence-electron chi connectivity index (χ0n) is 13.3. The van der Waals surface area contributed by atoms with Crippen molar-refractivity contribution in [3.63, 3.8) is 0 Å². The van der Waals surface area contributed by atoms with Crippen LogP contribution >= 0.6 is 11.3 Å². The predicted molar refractivity (Wildman–Crippen MR) is 88.0 cm³/mol. The van der Waals surface area contributed by atoms with E-state index < -0.39 is 6.43 Å². The van der Waals surface area contributed by atoms with Crippen LogP contribution < -0.4 is 9.80 Å². The Bertz CT molecular complexity index is 704. The summed E-state index contributed by atoms with van der Waals surface area (Å²) >= 11 is 1.57. The van der Waals surface area contributed by atoms with Gasteiger partial charge in [-0.25, -0.2) is 18.7 Å². The molecule has 1 aliphatic heterocycles. The number of alkyl halides is 2. The topological polar surface area (TPSA) is 58.0 Å². The van der Waals surface area contributed by atoms with Gasteiger partial charge in [-0.1, -0.05) is 11.3 Å². The van der Waals surface area contributed by atoms with Crippen LogP contribution in [0.3, 0.4) is 0 Å². The van der Waals surface area contributed by atoms with Crippen LogP contribution in [0.25, 0.3) is 0 Å². The van der Waals surface area contributed by atoms with Gasteiger partial charge < -0.3 is 9.80 Å². The number of hydrogen-bond acceptors (Lipinski definition) is 7. The summed E-state index contributed by atoms with van der Waals surface area (Å²) in [6.45, 7) is 4.94. The molecule has 4 rings (SSSR count). The van der Waals surface area contributed by atoms with Gasteiger partial charge in [-0.3, -0.25) is 0 Å². The standard InChI is InChI=1S/C15H18F2N6S/c1-9-20-21-15(24-9)23-6-4-22(5-7-23)12-8-11(13(16)17)18-14(19-12)10-2-3-10/h8,10,13H,2-7H2,1H3. The number of aryl methyl sites for hydroxylation is 1. The van der Waals surface area contributed by atoms with Crippen LogP contribution in [0.2, 0.25) is 0 Å². The van der Waals surface area contributed by atoms with Gasteiger partial charge in [-0.05, 0) is 19.8 Å². The smallest absolute Gasteiger partial charge is 0.280 e. The van der Waals surface area contributed by atoms with E-state index in [1.165, 1.54) is 6.07 Å². The van der Waals surface area contributed by atoms with E-state index in [1.54, 1.807) is 11.3 Å². The molecule has 0 amide bonds. The molecule has 0 aromatic carbocycles. The van der Waals surface area contributed by atoms with Gasteiger partial charge >= 0.3 is 0 Å². The summed E-state index contributed by atoms with van der Waals surface area (Å²) in [7, 11) is 0. The number of anilines is 2. The van der Waals surface area contributed by atoms with Gasteiger partial charge in [-0.2, -0.15) is 0 Å². The Morgan fingerprint density at radius 2 is 1.79 bits per heavy atom. The largest absolute Gasteiger partial charge is 0.353 e. The van der Waals surface area contributed by atoms with E-state index in [0.29, 0.717) is 11.6 Å². The summed E-state index contributed by atoms with van der Waals surface area (Å²) in [6, 6.07) is 1.43. The molecule has 3 heterocycles. The van der Waals surface area contributed by atoms with Crippen molar-refractivity contribution in [3.8, 4) is 0 Å². The summed E-state index contributed by atoms with van der Waals surface area (Å²) in [4.78, 5) is 12.8. The second-order valence-electron chi connectivity index (χ2n) is 6.16. The Kier molecular flexibility index (Phi) is 4.03. The molecule has 1 aliphatic carbocycles. The van der Waals surface area contributed by atoms with Crippen molar-refractivity contribution in [2.24, 2.45) is 0 Å². The zero-order valence-corrected chi connectivity index (χ0v) is 14.1. The molecule has 0 spiro atoms. The molecule has 2 aromatic rings. The van der Waals surface area contributed by atoms with Crippen molar-refractivity contribution in [1.29, 1.82) is 0 Å². The third kappa shape index (κ3) is 3.17. The first-order valence-electron chi connectivity index (χ1n) is 8.07. The maximum Gasteiger partial charge on any atom is 0.280 e. The van der Waals surface area contributed by atoms with Crippen molar-refractivity contribution < 1.29 is 8.78 Å². The highest BCUT2D eigenvalue weighted by atomic mass is 32.1. The molecule has 0 bridgehead atoms. The van der Waals surface area contributed by atoms with Gasteiger partial charge in [0.15, 0.2) is 0 Å². The third-order valence-corrected chi connectivity index (χ3v) is 5.20. The Balaban J connectivity index is 1.50. The minimum atomic E-state index is -2.56. The molecular weight excluding hydrogens is 334 g/mol. The second-order valence-corrected chi connectivity index (χ2v) is 7.32. The average Bonchev–Trinajstić information content (AvgIpc) is 3.36. The molecule has 1 saturated carbocycles. The first kappa shape index (κ1) is 15.6. The van der Waals surface area contributed by atoms with Gasteiger partial charge in [0.2, 0.25) is 5.13 Å². The molecule has 0 radical (unpaired) electrons. The van der Waals surface area contributed by atoms with Crippen molar-refractivity contribution in [2.75, 3.05) is 36.0 Å². The summed E-state index contributed by atoms with van der Waals surface area (Å²) < 4.78 is 26.3. The Morgan fingerprint density at radius 3 is 2.38 bits per heavy atom. The molecule has 9 heteroatoms. The van der Waals surface area contributed by atoms with Crippen molar-refractivity contribution in [3.05, 3.63) is 22.6 Å². The van der Waals surface area contributed by atoms with Gasteiger partial charge in [0, 0.05) is 38.2 Å². The van der Waals surface area contributed by atoms with E-state index >= 15 is 0 Å². The van der Waals surface area contributed by atoms with Crippen LogP contribution in [0.5, 0.6) is 0 Å². The maximum absolute atomic E-state index is 13.1. The van der Waals surface area contributed by atoms with Gasteiger partial charge in [0.1, 0.15) is 22.3 Å². The fraction of sp³-hybridized carbons (Fsp3) is 0.600. The lowest BCUT2D eigenvalue weighted by molar-refractivity contribution is 0.145. The summed E-state index contributed by atoms with van der Waals surface area (Å²) in [5.41, 5.74) is -0.163. The molecule has 0 atom stereocenters. The lowest BCUT2D eigenvalue weighted by Gasteiger charge is -2.35.